The first-order chi connectivity index (χ1) is 15.1. The van der Waals surface area contributed by atoms with E-state index >= 15 is 0 Å². The number of likely N-dealkylation sites (tertiary alicyclic amines) is 1. The van der Waals surface area contributed by atoms with Crippen LogP contribution in [0, 0.1) is 0 Å². The number of aromatic nitrogens is 3. The standard InChI is InChI=1S/C24H29N5O2/c1-3-27(4-2)24(31)22-17-29(26-25-22)20-12-14-28(15-13-20)23(30)16-19-10-7-9-18-8-5-6-11-21(18)19/h5-11,17,20H,3-4,12-16H2,1-2H3. The molecule has 4 rings (SSSR count). The summed E-state index contributed by atoms with van der Waals surface area (Å²) >= 11 is 0. The quantitative estimate of drug-likeness (QED) is 0.615. The number of carbonyl (C=O) groups is 2. The molecule has 1 aromatic heterocycles. The predicted octanol–water partition coefficient (Wildman–Crippen LogP) is 3.32. The molecule has 1 fully saturated rings. The van der Waals surface area contributed by atoms with Crippen LogP contribution in [-0.2, 0) is 11.2 Å². The van der Waals surface area contributed by atoms with E-state index in [4.69, 9.17) is 0 Å². The van der Waals surface area contributed by atoms with Crippen LogP contribution >= 0.6 is 0 Å². The van der Waals surface area contributed by atoms with Gasteiger partial charge in [-0.2, -0.15) is 0 Å². The molecule has 0 N–H and O–H groups in total. The summed E-state index contributed by atoms with van der Waals surface area (Å²) in [5.74, 6) is 0.0738. The molecule has 3 aromatic rings. The molecule has 7 heteroatoms. The number of benzene rings is 2. The van der Waals surface area contributed by atoms with E-state index in [1.807, 2.05) is 43.0 Å². The Morgan fingerprint density at radius 2 is 1.74 bits per heavy atom. The lowest BCUT2D eigenvalue weighted by Crippen LogP contribution is -2.40. The van der Waals surface area contributed by atoms with E-state index < -0.39 is 0 Å². The van der Waals surface area contributed by atoms with Gasteiger partial charge < -0.3 is 9.80 Å². The van der Waals surface area contributed by atoms with Crippen LogP contribution in [0.15, 0.2) is 48.7 Å². The van der Waals surface area contributed by atoms with E-state index in [1.165, 1.54) is 0 Å². The maximum Gasteiger partial charge on any atom is 0.276 e. The van der Waals surface area contributed by atoms with E-state index in [0.717, 1.165) is 29.2 Å². The van der Waals surface area contributed by atoms with Crippen molar-refractivity contribution in [3.63, 3.8) is 0 Å². The molecule has 0 atom stereocenters. The Kier molecular flexibility index (Phi) is 6.30. The molecule has 1 saturated heterocycles. The van der Waals surface area contributed by atoms with Gasteiger partial charge in [-0.25, -0.2) is 4.68 Å². The summed E-state index contributed by atoms with van der Waals surface area (Å²) < 4.78 is 1.79. The predicted molar refractivity (Wildman–Crippen MR) is 120 cm³/mol. The van der Waals surface area contributed by atoms with Gasteiger partial charge in [0.2, 0.25) is 5.91 Å². The van der Waals surface area contributed by atoms with Crippen molar-refractivity contribution in [3.05, 3.63) is 59.9 Å². The molecule has 0 radical (unpaired) electrons. The largest absolute Gasteiger partial charge is 0.342 e. The Labute approximate surface area is 182 Å². The molecule has 1 aliphatic heterocycles. The van der Waals surface area contributed by atoms with Gasteiger partial charge in [0.1, 0.15) is 0 Å². The molecule has 2 aromatic carbocycles. The second-order valence-electron chi connectivity index (χ2n) is 7.99. The minimum Gasteiger partial charge on any atom is -0.342 e. The van der Waals surface area contributed by atoms with Gasteiger partial charge in [0.05, 0.1) is 18.7 Å². The molecule has 7 nitrogen and oxygen atoms in total. The van der Waals surface area contributed by atoms with Crippen LogP contribution in [-0.4, -0.2) is 62.8 Å². The molecular weight excluding hydrogens is 390 g/mol. The summed E-state index contributed by atoms with van der Waals surface area (Å²) in [7, 11) is 0. The zero-order valence-corrected chi connectivity index (χ0v) is 18.2. The van der Waals surface area contributed by atoms with Crippen LogP contribution in [0.25, 0.3) is 10.8 Å². The smallest absolute Gasteiger partial charge is 0.276 e. The van der Waals surface area contributed by atoms with Gasteiger partial charge in [-0.3, -0.25) is 9.59 Å². The Bertz CT molecular complexity index is 1060. The molecule has 2 heterocycles. The Hall–Kier alpha value is -3.22. The van der Waals surface area contributed by atoms with Crippen molar-refractivity contribution in [1.82, 2.24) is 24.8 Å². The maximum atomic E-state index is 12.9. The molecule has 1 aliphatic rings. The Balaban J connectivity index is 1.36. The van der Waals surface area contributed by atoms with Crippen molar-refractivity contribution in [3.8, 4) is 0 Å². The fourth-order valence-electron chi connectivity index (χ4n) is 4.33. The third-order valence-electron chi connectivity index (χ3n) is 6.19. The van der Waals surface area contributed by atoms with E-state index in [9.17, 15) is 9.59 Å². The van der Waals surface area contributed by atoms with E-state index in [1.54, 1.807) is 15.8 Å². The number of fused-ring (bicyclic) bond motifs is 1. The summed E-state index contributed by atoms with van der Waals surface area (Å²) in [6, 6.07) is 14.5. The highest BCUT2D eigenvalue weighted by molar-refractivity contribution is 5.92. The van der Waals surface area contributed by atoms with Gasteiger partial charge >= 0.3 is 0 Å². The van der Waals surface area contributed by atoms with Crippen molar-refractivity contribution in [2.45, 2.75) is 39.2 Å². The van der Waals surface area contributed by atoms with Crippen molar-refractivity contribution >= 4 is 22.6 Å². The summed E-state index contributed by atoms with van der Waals surface area (Å²) in [6.45, 7) is 6.59. The molecule has 0 aliphatic carbocycles. The number of carbonyl (C=O) groups excluding carboxylic acids is 2. The van der Waals surface area contributed by atoms with Gasteiger partial charge in [-0.05, 0) is 43.0 Å². The topological polar surface area (TPSA) is 71.3 Å². The van der Waals surface area contributed by atoms with E-state index in [2.05, 4.69) is 28.5 Å². The van der Waals surface area contributed by atoms with E-state index in [-0.39, 0.29) is 17.9 Å². The van der Waals surface area contributed by atoms with Gasteiger partial charge in [-0.15, -0.1) is 5.10 Å². The number of hydrogen-bond donors (Lipinski definition) is 0. The monoisotopic (exact) mass is 419 g/mol. The van der Waals surface area contributed by atoms with Crippen molar-refractivity contribution in [2.24, 2.45) is 0 Å². The van der Waals surface area contributed by atoms with Gasteiger partial charge in [0.15, 0.2) is 5.69 Å². The molecule has 31 heavy (non-hydrogen) atoms. The average Bonchev–Trinajstić information content (AvgIpc) is 3.30. The van der Waals surface area contributed by atoms with E-state index in [0.29, 0.717) is 38.3 Å². The summed E-state index contributed by atoms with van der Waals surface area (Å²) in [6.07, 6.45) is 3.78. The average molecular weight is 420 g/mol. The molecule has 0 unspecified atom stereocenters. The maximum absolute atomic E-state index is 12.9. The lowest BCUT2D eigenvalue weighted by molar-refractivity contribution is -0.131. The summed E-state index contributed by atoms with van der Waals surface area (Å²) in [4.78, 5) is 29.1. The third-order valence-corrected chi connectivity index (χ3v) is 6.19. The SMILES string of the molecule is CCN(CC)C(=O)c1cn(C2CCN(C(=O)Cc3cccc4ccccc34)CC2)nn1. The Morgan fingerprint density at radius 1 is 1.03 bits per heavy atom. The lowest BCUT2D eigenvalue weighted by Gasteiger charge is -2.32. The summed E-state index contributed by atoms with van der Waals surface area (Å²) in [5, 5.41) is 10.6. The van der Waals surface area contributed by atoms with Crippen molar-refractivity contribution in [2.75, 3.05) is 26.2 Å². The second kappa shape index (κ2) is 9.29. The highest BCUT2D eigenvalue weighted by atomic mass is 16.2. The Morgan fingerprint density at radius 3 is 2.48 bits per heavy atom. The van der Waals surface area contributed by atoms with Gasteiger partial charge in [-0.1, -0.05) is 47.7 Å². The zero-order chi connectivity index (χ0) is 21.8. The second-order valence-corrected chi connectivity index (χ2v) is 7.99. The highest BCUT2D eigenvalue weighted by Crippen LogP contribution is 2.24. The minimum atomic E-state index is -0.0843. The number of amides is 2. The first kappa shape index (κ1) is 21.0. The van der Waals surface area contributed by atoms with Gasteiger partial charge in [0.25, 0.3) is 5.91 Å². The van der Waals surface area contributed by atoms with Crippen molar-refractivity contribution < 1.29 is 9.59 Å². The molecular formula is C24H29N5O2. The van der Waals surface area contributed by atoms with Crippen LogP contribution < -0.4 is 0 Å². The fraction of sp³-hybridized carbons (Fsp3) is 0.417. The van der Waals surface area contributed by atoms with Crippen LogP contribution in [0.4, 0.5) is 0 Å². The van der Waals surface area contributed by atoms with Crippen LogP contribution in [0.3, 0.4) is 0 Å². The van der Waals surface area contributed by atoms with Crippen LogP contribution in [0.5, 0.6) is 0 Å². The molecule has 0 bridgehead atoms. The summed E-state index contributed by atoms with van der Waals surface area (Å²) in [5.41, 5.74) is 1.46. The van der Waals surface area contributed by atoms with Crippen molar-refractivity contribution in [1.29, 1.82) is 0 Å². The number of nitrogens with zero attached hydrogens (tertiary/aromatic N) is 5. The highest BCUT2D eigenvalue weighted by Gasteiger charge is 2.26. The minimum absolute atomic E-state index is 0.0843. The van der Waals surface area contributed by atoms with Gasteiger partial charge in [0, 0.05) is 26.2 Å². The third kappa shape index (κ3) is 4.45. The van der Waals surface area contributed by atoms with Crippen LogP contribution in [0.1, 0.15) is 48.8 Å². The number of hydrogen-bond acceptors (Lipinski definition) is 4. The molecule has 0 spiro atoms. The zero-order valence-electron chi connectivity index (χ0n) is 18.2. The molecule has 0 saturated carbocycles. The molecule has 162 valence electrons. The lowest BCUT2D eigenvalue weighted by atomic mass is 10.0. The number of rotatable bonds is 6. The van der Waals surface area contributed by atoms with Crippen LogP contribution in [0.2, 0.25) is 0 Å². The molecule has 2 amide bonds. The first-order valence-electron chi connectivity index (χ1n) is 11.1. The number of piperidine rings is 1. The normalized spacial score (nSPS) is 14.7. The first-order valence-corrected chi connectivity index (χ1v) is 11.1. The fourth-order valence-corrected chi connectivity index (χ4v) is 4.33.